The number of benzene rings is 2. The third-order valence-electron chi connectivity index (χ3n) is 6.28. The minimum absolute atomic E-state index is 0. The van der Waals surface area contributed by atoms with E-state index in [2.05, 4.69) is 110 Å². The Hall–Kier alpha value is -1.52. The average molecular weight is 569 g/mol. The van der Waals surface area contributed by atoms with E-state index in [0.717, 1.165) is 28.6 Å². The van der Waals surface area contributed by atoms with Crippen LogP contribution >= 0.6 is 24.8 Å². The Balaban J connectivity index is 0.00000324. The Kier molecular flexibility index (Phi) is 11.2. The van der Waals surface area contributed by atoms with Gasteiger partial charge in [0, 0.05) is 0 Å². The molecule has 36 heavy (non-hydrogen) atoms. The average Bonchev–Trinajstić information content (AvgIpc) is 2.95. The van der Waals surface area contributed by atoms with Gasteiger partial charge in [0.1, 0.15) is 0 Å². The smallest absolute Gasteiger partial charge is 0.147 e. The van der Waals surface area contributed by atoms with Crippen LogP contribution in [0.5, 0.6) is 11.5 Å². The molecule has 3 rings (SSSR count). The van der Waals surface area contributed by atoms with Gasteiger partial charge in [-0.15, -0.1) is 24.8 Å². The summed E-state index contributed by atoms with van der Waals surface area (Å²) in [6.45, 7) is 23.8. The molecule has 198 valence electrons. The Morgan fingerprint density at radius 3 is 1.42 bits per heavy atom. The van der Waals surface area contributed by atoms with Crippen molar-refractivity contribution in [1.29, 1.82) is 0 Å². The van der Waals surface area contributed by atoms with Crippen LogP contribution in [0.15, 0.2) is 40.8 Å². The van der Waals surface area contributed by atoms with Gasteiger partial charge >= 0.3 is 213 Å². The van der Waals surface area contributed by atoms with E-state index in [1.807, 2.05) is 6.92 Å². The van der Waals surface area contributed by atoms with E-state index in [-0.39, 0.29) is 35.6 Å². The molecule has 0 amide bonds. The van der Waals surface area contributed by atoms with Gasteiger partial charge in [0.25, 0.3) is 0 Å². The van der Waals surface area contributed by atoms with Crippen molar-refractivity contribution in [2.24, 2.45) is 0 Å². The summed E-state index contributed by atoms with van der Waals surface area (Å²) in [4.78, 5) is 0. The monoisotopic (exact) mass is 568 g/mol. The number of halogens is 2. The fraction of sp³-hybridized carbons (Fsp3) is 0.433. The summed E-state index contributed by atoms with van der Waals surface area (Å²) in [5, 5.41) is 0. The van der Waals surface area contributed by atoms with Gasteiger partial charge in [0.15, 0.2) is 0 Å². The molecule has 1 aromatic heterocycles. The van der Waals surface area contributed by atoms with E-state index in [4.69, 9.17) is 11.1 Å². The van der Waals surface area contributed by atoms with E-state index in [1.165, 1.54) is 27.8 Å². The second-order valence-electron chi connectivity index (χ2n) is 11.4. The van der Waals surface area contributed by atoms with Crippen molar-refractivity contribution in [3.05, 3.63) is 81.3 Å². The van der Waals surface area contributed by atoms with Gasteiger partial charge in [-0.3, -0.25) is 0 Å². The van der Waals surface area contributed by atoms with E-state index in [9.17, 15) is 0 Å². The zero-order valence-corrected chi connectivity index (χ0v) is 26.8. The molecule has 0 aliphatic heterocycles. The first-order valence-corrected chi connectivity index (χ1v) is 14.2. The fourth-order valence-electron chi connectivity index (χ4n) is 3.95. The van der Waals surface area contributed by atoms with Gasteiger partial charge in [-0.05, 0) is 0 Å². The minimum atomic E-state index is -2.75. The first-order valence-electron chi connectivity index (χ1n) is 12.0. The van der Waals surface area contributed by atoms with Crippen LogP contribution in [-0.4, -0.2) is 4.31 Å². The molecule has 2 aromatic carbocycles. The number of hydrogen-bond acceptors (Lipinski definition) is 3. The Bertz CT molecular complexity index is 1160. The van der Waals surface area contributed by atoms with Crippen molar-refractivity contribution in [3.8, 4) is 11.5 Å². The molecule has 0 atom stereocenters. The summed E-state index contributed by atoms with van der Waals surface area (Å²) in [5.74, 6) is 3.59. The first kappa shape index (κ1) is 32.5. The van der Waals surface area contributed by atoms with E-state index >= 15 is 0 Å². The van der Waals surface area contributed by atoms with Gasteiger partial charge in [-0.25, -0.2) is 0 Å². The molecule has 0 unspecified atom stereocenters. The van der Waals surface area contributed by atoms with E-state index in [0.29, 0.717) is 0 Å². The van der Waals surface area contributed by atoms with Crippen molar-refractivity contribution in [1.82, 2.24) is 0 Å². The van der Waals surface area contributed by atoms with Gasteiger partial charge in [-0.2, -0.15) is 0 Å². The largest absolute Gasteiger partial charge is 0.147 e. The number of aryl methyl sites for hydroxylation is 3. The molecule has 0 saturated carbocycles. The summed E-state index contributed by atoms with van der Waals surface area (Å²) in [6, 6.07) is 12.9. The van der Waals surface area contributed by atoms with Crippen LogP contribution in [0.25, 0.3) is 0 Å². The molecule has 0 radical (unpaired) electrons. The number of furan rings is 1. The van der Waals surface area contributed by atoms with E-state index < -0.39 is 18.2 Å². The van der Waals surface area contributed by atoms with Crippen molar-refractivity contribution in [3.63, 3.8) is 0 Å². The normalized spacial score (nSPS) is 11.3. The summed E-state index contributed by atoms with van der Waals surface area (Å²) in [7, 11) is 0. The molecule has 0 aliphatic carbocycles. The van der Waals surface area contributed by atoms with Gasteiger partial charge in [0.2, 0.25) is 0 Å². The zero-order valence-electron chi connectivity index (χ0n) is 23.6. The maximum atomic E-state index is 6.77. The SMILES string of the molecule is Cc1ccc([O][Ti](=[CH]c2oc(C)c(C)c2C)[O]c2ccc(C)cc2C(C)(C)C)c(C(C)(C)C)c1.Cl.Cl. The second kappa shape index (κ2) is 12.4. The van der Waals surface area contributed by atoms with Crippen LogP contribution in [0, 0.1) is 34.6 Å². The topological polar surface area (TPSA) is 31.6 Å². The summed E-state index contributed by atoms with van der Waals surface area (Å²) in [5.41, 5.74) is 7.08. The number of rotatable bonds is 5. The minimum Gasteiger partial charge on any atom is -0.147 e. The third-order valence-corrected chi connectivity index (χ3v) is 8.37. The molecule has 0 fully saturated rings. The Morgan fingerprint density at radius 2 is 1.08 bits per heavy atom. The van der Waals surface area contributed by atoms with Crippen molar-refractivity contribution in [2.45, 2.75) is 87.0 Å². The van der Waals surface area contributed by atoms with Crippen LogP contribution < -0.4 is 6.64 Å². The van der Waals surface area contributed by atoms with Crippen molar-refractivity contribution < 1.29 is 29.2 Å². The Morgan fingerprint density at radius 1 is 0.667 bits per heavy atom. The third kappa shape index (κ3) is 7.74. The first-order chi connectivity index (χ1) is 15.7. The Labute approximate surface area is 237 Å². The molecule has 0 bridgehead atoms. The maximum Gasteiger partial charge on any atom is -0.147 e. The zero-order chi connectivity index (χ0) is 25.4. The summed E-state index contributed by atoms with van der Waals surface area (Å²) in [6.07, 6.45) is 0. The molecule has 1 heterocycles. The van der Waals surface area contributed by atoms with Crippen LogP contribution in [0.2, 0.25) is 0 Å². The molecule has 3 nitrogen and oxygen atoms in total. The fourth-order valence-corrected chi connectivity index (χ4v) is 6.19. The molecule has 3 aromatic rings. The predicted octanol–water partition coefficient (Wildman–Crippen LogP) is 9.02. The second-order valence-corrected chi connectivity index (χ2v) is 13.5. The van der Waals surface area contributed by atoms with E-state index in [1.54, 1.807) is 0 Å². The molecular formula is C30H42Cl2O3Ti. The molecule has 0 saturated heterocycles. The molecule has 0 N–H and O–H groups in total. The van der Waals surface area contributed by atoms with Gasteiger partial charge in [-0.1, -0.05) is 0 Å². The van der Waals surface area contributed by atoms with Crippen LogP contribution in [0.1, 0.15) is 86.4 Å². The van der Waals surface area contributed by atoms with Crippen LogP contribution in [0.3, 0.4) is 0 Å². The predicted molar refractivity (Wildman–Crippen MR) is 154 cm³/mol. The van der Waals surface area contributed by atoms with Crippen molar-refractivity contribution in [2.75, 3.05) is 0 Å². The summed E-state index contributed by atoms with van der Waals surface area (Å²) >= 11 is -2.75. The van der Waals surface area contributed by atoms with Gasteiger partial charge in [0.05, 0.1) is 0 Å². The number of hydrogen-bond donors (Lipinski definition) is 0. The molecule has 0 aliphatic rings. The standard InChI is InChI=1S/2C11H16O.C8H10O.2ClH.Ti/c2*1-8-5-6-10(12)9(7-8)11(2,3)4;1-5-6(2)8(4)9-7(5)3;;;/h2*5-7,12H,1-4H3;3H,1-2,4H3;2*1H;/q;;;;;+2/p-2. The quantitative estimate of drug-likeness (QED) is 0.288. The molecule has 0 spiro atoms. The van der Waals surface area contributed by atoms with Gasteiger partial charge < -0.3 is 0 Å². The van der Waals surface area contributed by atoms with Crippen LogP contribution in [0.4, 0.5) is 0 Å². The maximum absolute atomic E-state index is 6.77. The summed E-state index contributed by atoms with van der Waals surface area (Å²) < 4.78 is 21.8. The van der Waals surface area contributed by atoms with Crippen molar-refractivity contribution >= 4 is 29.1 Å². The van der Waals surface area contributed by atoms with Crippen LogP contribution in [-0.2, 0) is 29.0 Å². The molecule has 6 heteroatoms. The molecular weight excluding hydrogens is 527 g/mol.